The van der Waals surface area contributed by atoms with Crippen molar-refractivity contribution in [3.63, 3.8) is 0 Å². The van der Waals surface area contributed by atoms with E-state index < -0.39 is 0 Å². The maximum absolute atomic E-state index is 5.92. The third-order valence-corrected chi connectivity index (χ3v) is 5.47. The quantitative estimate of drug-likeness (QED) is 0.336. The molecule has 5 rings (SSSR count). The molecule has 2 heterocycles. The summed E-state index contributed by atoms with van der Waals surface area (Å²) in [6.07, 6.45) is 2.10. The number of hydrogen-bond donors (Lipinski definition) is 0. The zero-order valence-electron chi connectivity index (χ0n) is 18.7. The van der Waals surface area contributed by atoms with E-state index in [2.05, 4.69) is 52.5 Å². The van der Waals surface area contributed by atoms with E-state index in [1.807, 2.05) is 72.4 Å². The molecule has 6 nitrogen and oxygen atoms in total. The van der Waals surface area contributed by atoms with Gasteiger partial charge in [-0.2, -0.15) is 5.10 Å². The number of benzene rings is 3. The minimum absolute atomic E-state index is 0.542. The highest BCUT2D eigenvalue weighted by molar-refractivity contribution is 5.63. The summed E-state index contributed by atoms with van der Waals surface area (Å²) in [6, 6.07) is 28.5. The predicted octanol–water partition coefficient (Wildman–Crippen LogP) is 5.53. The first-order valence-electron chi connectivity index (χ1n) is 10.9. The van der Waals surface area contributed by atoms with E-state index in [0.717, 1.165) is 28.1 Å². The van der Waals surface area contributed by atoms with Gasteiger partial charge in [-0.15, -0.1) is 10.2 Å². The average molecular weight is 436 g/mol. The molecular weight excluding hydrogens is 410 g/mol. The molecule has 0 amide bonds. The van der Waals surface area contributed by atoms with Gasteiger partial charge in [-0.05, 0) is 38.2 Å². The van der Waals surface area contributed by atoms with Crippen LogP contribution in [0.3, 0.4) is 0 Å². The Morgan fingerprint density at radius 3 is 2.21 bits per heavy atom. The van der Waals surface area contributed by atoms with Crippen LogP contribution in [0.1, 0.15) is 17.0 Å². The van der Waals surface area contributed by atoms with Crippen LogP contribution in [0, 0.1) is 6.92 Å². The molecule has 0 spiro atoms. The largest absolute Gasteiger partial charge is 0.419 e. The van der Waals surface area contributed by atoms with Crippen molar-refractivity contribution < 1.29 is 4.42 Å². The lowest BCUT2D eigenvalue weighted by Gasteiger charge is -2.14. The van der Waals surface area contributed by atoms with Crippen molar-refractivity contribution in [1.82, 2.24) is 24.9 Å². The van der Waals surface area contributed by atoms with Crippen LogP contribution in [0.2, 0.25) is 0 Å². The van der Waals surface area contributed by atoms with Gasteiger partial charge < -0.3 is 4.42 Å². The van der Waals surface area contributed by atoms with Gasteiger partial charge in [-0.1, -0.05) is 66.2 Å². The van der Waals surface area contributed by atoms with Gasteiger partial charge in [-0.3, -0.25) is 4.90 Å². The Kier molecular flexibility index (Phi) is 5.83. The molecule has 0 radical (unpaired) electrons. The van der Waals surface area contributed by atoms with E-state index in [1.54, 1.807) is 0 Å². The molecule has 0 aliphatic heterocycles. The summed E-state index contributed by atoms with van der Waals surface area (Å²) in [7, 11) is 2.05. The van der Waals surface area contributed by atoms with Crippen molar-refractivity contribution in [3.05, 3.63) is 108 Å². The molecule has 0 saturated heterocycles. The second kappa shape index (κ2) is 9.22. The first-order chi connectivity index (χ1) is 16.2. The Labute approximate surface area is 193 Å². The van der Waals surface area contributed by atoms with Gasteiger partial charge in [0.15, 0.2) is 0 Å². The van der Waals surface area contributed by atoms with Gasteiger partial charge in [0.05, 0.1) is 17.9 Å². The van der Waals surface area contributed by atoms with Crippen molar-refractivity contribution in [2.45, 2.75) is 20.0 Å². The number of aryl methyl sites for hydroxylation is 1. The van der Waals surface area contributed by atoms with E-state index in [1.165, 1.54) is 5.56 Å². The summed E-state index contributed by atoms with van der Waals surface area (Å²) >= 11 is 0. The summed E-state index contributed by atoms with van der Waals surface area (Å²) in [5.74, 6) is 1.13. The summed E-state index contributed by atoms with van der Waals surface area (Å²) in [5, 5.41) is 13.4. The summed E-state index contributed by atoms with van der Waals surface area (Å²) in [4.78, 5) is 2.16. The van der Waals surface area contributed by atoms with Crippen molar-refractivity contribution in [2.75, 3.05) is 7.05 Å². The van der Waals surface area contributed by atoms with Crippen LogP contribution in [-0.4, -0.2) is 31.9 Å². The van der Waals surface area contributed by atoms with Gasteiger partial charge in [-0.25, -0.2) is 4.68 Å². The van der Waals surface area contributed by atoms with E-state index in [4.69, 9.17) is 9.52 Å². The molecule has 0 aliphatic carbocycles. The second-order valence-electron chi connectivity index (χ2n) is 8.19. The minimum Gasteiger partial charge on any atom is -0.419 e. The Bertz CT molecular complexity index is 1320. The van der Waals surface area contributed by atoms with Crippen molar-refractivity contribution in [2.24, 2.45) is 0 Å². The SMILES string of the molecule is Cc1ccc(-c2nnc(CN(C)Cc3cn(-c4ccccc4)nc3-c3ccccc3)o2)cc1. The molecule has 0 N–H and O–H groups in total. The van der Waals surface area contributed by atoms with E-state index in [0.29, 0.717) is 24.9 Å². The average Bonchev–Trinajstić information content (AvgIpc) is 3.48. The lowest BCUT2D eigenvalue weighted by molar-refractivity contribution is 0.283. The molecule has 0 aliphatic rings. The van der Waals surface area contributed by atoms with Crippen LogP contribution in [-0.2, 0) is 13.1 Å². The highest BCUT2D eigenvalue weighted by Crippen LogP contribution is 2.25. The fourth-order valence-electron chi connectivity index (χ4n) is 3.79. The molecule has 33 heavy (non-hydrogen) atoms. The van der Waals surface area contributed by atoms with E-state index in [-0.39, 0.29) is 0 Å². The molecule has 0 atom stereocenters. The molecule has 164 valence electrons. The van der Waals surface area contributed by atoms with Gasteiger partial charge in [0.2, 0.25) is 11.8 Å². The van der Waals surface area contributed by atoms with Crippen molar-refractivity contribution >= 4 is 0 Å². The third kappa shape index (κ3) is 4.76. The Hall–Kier alpha value is -4.03. The molecule has 3 aromatic carbocycles. The smallest absolute Gasteiger partial charge is 0.247 e. The van der Waals surface area contributed by atoms with Gasteiger partial charge >= 0.3 is 0 Å². The molecular formula is C27H25N5O. The highest BCUT2D eigenvalue weighted by atomic mass is 16.4. The lowest BCUT2D eigenvalue weighted by Crippen LogP contribution is -2.17. The van der Waals surface area contributed by atoms with Crippen LogP contribution in [0.15, 0.2) is 95.5 Å². The predicted molar refractivity (Wildman–Crippen MR) is 129 cm³/mol. The van der Waals surface area contributed by atoms with Gasteiger partial charge in [0.1, 0.15) is 0 Å². The Morgan fingerprint density at radius 2 is 1.48 bits per heavy atom. The Morgan fingerprint density at radius 1 is 0.788 bits per heavy atom. The third-order valence-electron chi connectivity index (χ3n) is 5.47. The maximum Gasteiger partial charge on any atom is 0.247 e. The van der Waals surface area contributed by atoms with Crippen molar-refractivity contribution in [3.8, 4) is 28.4 Å². The molecule has 0 saturated carbocycles. The molecule has 0 fully saturated rings. The van der Waals surface area contributed by atoms with Gasteiger partial charge in [0, 0.05) is 29.4 Å². The molecule has 2 aromatic heterocycles. The first-order valence-corrected chi connectivity index (χ1v) is 10.9. The van der Waals surface area contributed by atoms with Crippen molar-refractivity contribution in [1.29, 1.82) is 0 Å². The van der Waals surface area contributed by atoms with Crippen LogP contribution in [0.5, 0.6) is 0 Å². The number of para-hydroxylation sites is 1. The van der Waals surface area contributed by atoms with Crippen LogP contribution >= 0.6 is 0 Å². The van der Waals surface area contributed by atoms with Crippen LogP contribution < -0.4 is 0 Å². The van der Waals surface area contributed by atoms with E-state index in [9.17, 15) is 0 Å². The van der Waals surface area contributed by atoms with Crippen LogP contribution in [0.25, 0.3) is 28.4 Å². The van der Waals surface area contributed by atoms with E-state index >= 15 is 0 Å². The standard InChI is InChI=1S/C27H25N5O/c1-20-13-15-22(16-14-20)27-29-28-25(33-27)19-31(2)17-23-18-32(24-11-7-4-8-12-24)30-26(23)21-9-5-3-6-10-21/h3-16,18H,17,19H2,1-2H3. The molecule has 0 bridgehead atoms. The zero-order chi connectivity index (χ0) is 22.6. The molecule has 0 unspecified atom stereocenters. The number of rotatable bonds is 7. The van der Waals surface area contributed by atoms with Crippen LogP contribution in [0.4, 0.5) is 0 Å². The fraction of sp³-hybridized carbons (Fsp3) is 0.148. The fourth-order valence-corrected chi connectivity index (χ4v) is 3.79. The topological polar surface area (TPSA) is 60.0 Å². The number of nitrogens with zero attached hydrogens (tertiary/aromatic N) is 5. The monoisotopic (exact) mass is 435 g/mol. The highest BCUT2D eigenvalue weighted by Gasteiger charge is 2.16. The second-order valence-corrected chi connectivity index (χ2v) is 8.19. The normalized spacial score (nSPS) is 11.2. The lowest BCUT2D eigenvalue weighted by atomic mass is 10.1. The number of hydrogen-bond acceptors (Lipinski definition) is 5. The molecule has 6 heteroatoms. The number of aromatic nitrogens is 4. The molecule has 5 aromatic rings. The summed E-state index contributed by atoms with van der Waals surface area (Å²) in [5.41, 5.74) is 6.35. The minimum atomic E-state index is 0.542. The van der Waals surface area contributed by atoms with Gasteiger partial charge in [0.25, 0.3) is 0 Å². The Balaban J connectivity index is 1.37. The summed E-state index contributed by atoms with van der Waals surface area (Å²) < 4.78 is 7.86. The first kappa shape index (κ1) is 20.8. The zero-order valence-corrected chi connectivity index (χ0v) is 18.7. The summed E-state index contributed by atoms with van der Waals surface area (Å²) in [6.45, 7) is 3.30. The maximum atomic E-state index is 5.92.